The van der Waals surface area contributed by atoms with Gasteiger partial charge in [0.1, 0.15) is 5.82 Å². The average Bonchev–Trinajstić information content (AvgIpc) is 2.74. The van der Waals surface area contributed by atoms with Crippen LogP contribution in [0, 0.1) is 6.92 Å². The van der Waals surface area contributed by atoms with E-state index in [4.69, 9.17) is 0 Å². The van der Waals surface area contributed by atoms with Crippen molar-refractivity contribution in [1.82, 2.24) is 9.55 Å². The predicted octanol–water partition coefficient (Wildman–Crippen LogP) is 2.69. The Hall–Kier alpha value is -1.61. The molecule has 0 saturated heterocycles. The molecule has 0 spiro atoms. The molecule has 2 aromatic rings. The van der Waals surface area contributed by atoms with Crippen molar-refractivity contribution in [2.75, 3.05) is 0 Å². The molecule has 0 fully saturated rings. The zero-order chi connectivity index (χ0) is 11.8. The molecule has 1 aliphatic heterocycles. The standard InChI is InChI=1S/C14H16N2O/c1-10-4-2-5-11(8-10)14-15-9-12-13(17)6-3-7-16(12)14/h2,4-5,8-9,13,17H,3,6-7H2,1H3. The number of aliphatic hydroxyl groups excluding tert-OH is 1. The van der Waals surface area contributed by atoms with E-state index in [-0.39, 0.29) is 6.10 Å². The molecule has 0 saturated carbocycles. The fourth-order valence-corrected chi connectivity index (χ4v) is 2.50. The first-order valence-corrected chi connectivity index (χ1v) is 6.06. The molecule has 2 heterocycles. The topological polar surface area (TPSA) is 38.0 Å². The molecule has 3 heteroatoms. The summed E-state index contributed by atoms with van der Waals surface area (Å²) in [6.45, 7) is 3.04. The molecule has 3 nitrogen and oxygen atoms in total. The third kappa shape index (κ3) is 1.76. The second kappa shape index (κ2) is 4.00. The molecule has 1 atom stereocenters. The molecule has 0 aliphatic carbocycles. The Balaban J connectivity index is 2.10. The molecule has 1 aromatic carbocycles. The molecule has 17 heavy (non-hydrogen) atoms. The summed E-state index contributed by atoms with van der Waals surface area (Å²) < 4.78 is 2.14. The van der Waals surface area contributed by atoms with Crippen molar-refractivity contribution in [3.63, 3.8) is 0 Å². The summed E-state index contributed by atoms with van der Waals surface area (Å²) in [5.74, 6) is 0.974. The summed E-state index contributed by atoms with van der Waals surface area (Å²) in [5, 5.41) is 9.92. The summed E-state index contributed by atoms with van der Waals surface area (Å²) >= 11 is 0. The number of nitrogens with zero attached hydrogens (tertiary/aromatic N) is 2. The van der Waals surface area contributed by atoms with Crippen LogP contribution in [0.3, 0.4) is 0 Å². The molecule has 3 rings (SSSR count). The van der Waals surface area contributed by atoms with Gasteiger partial charge in [0.15, 0.2) is 0 Å². The molecule has 0 amide bonds. The van der Waals surface area contributed by atoms with Crippen LogP contribution in [0.5, 0.6) is 0 Å². The van der Waals surface area contributed by atoms with Crippen LogP contribution in [0.2, 0.25) is 0 Å². The minimum absolute atomic E-state index is 0.352. The van der Waals surface area contributed by atoms with Gasteiger partial charge in [0, 0.05) is 12.1 Å². The van der Waals surface area contributed by atoms with Gasteiger partial charge in [-0.3, -0.25) is 0 Å². The lowest BCUT2D eigenvalue weighted by molar-refractivity contribution is 0.139. The van der Waals surface area contributed by atoms with Crippen molar-refractivity contribution in [3.8, 4) is 11.4 Å². The minimum Gasteiger partial charge on any atom is -0.387 e. The molecular formula is C14H16N2O. The van der Waals surface area contributed by atoms with Crippen LogP contribution in [-0.4, -0.2) is 14.7 Å². The number of fused-ring (bicyclic) bond motifs is 1. The lowest BCUT2D eigenvalue weighted by Gasteiger charge is -2.21. The van der Waals surface area contributed by atoms with Crippen molar-refractivity contribution in [1.29, 1.82) is 0 Å². The van der Waals surface area contributed by atoms with Gasteiger partial charge in [-0.2, -0.15) is 0 Å². The van der Waals surface area contributed by atoms with E-state index in [1.54, 1.807) is 0 Å². The summed E-state index contributed by atoms with van der Waals surface area (Å²) in [7, 11) is 0. The number of imidazole rings is 1. The lowest BCUT2D eigenvalue weighted by Crippen LogP contribution is -2.15. The quantitative estimate of drug-likeness (QED) is 0.815. The maximum atomic E-state index is 9.92. The number of benzene rings is 1. The maximum absolute atomic E-state index is 9.92. The first-order valence-electron chi connectivity index (χ1n) is 6.06. The van der Waals surface area contributed by atoms with E-state index in [1.165, 1.54) is 5.56 Å². The van der Waals surface area contributed by atoms with E-state index in [0.717, 1.165) is 36.5 Å². The van der Waals surface area contributed by atoms with Crippen molar-refractivity contribution < 1.29 is 5.11 Å². The van der Waals surface area contributed by atoms with E-state index < -0.39 is 0 Å². The third-order valence-corrected chi connectivity index (χ3v) is 3.36. The fraction of sp³-hybridized carbons (Fsp3) is 0.357. The average molecular weight is 228 g/mol. The number of hydrogen-bond acceptors (Lipinski definition) is 2. The summed E-state index contributed by atoms with van der Waals surface area (Å²) in [5.41, 5.74) is 3.31. The largest absolute Gasteiger partial charge is 0.387 e. The normalized spacial score (nSPS) is 19.1. The van der Waals surface area contributed by atoms with Gasteiger partial charge in [-0.25, -0.2) is 4.98 Å². The van der Waals surface area contributed by atoms with Gasteiger partial charge in [0.2, 0.25) is 0 Å². The first-order chi connectivity index (χ1) is 8.25. The summed E-state index contributed by atoms with van der Waals surface area (Å²) in [6, 6.07) is 8.34. The second-order valence-corrected chi connectivity index (χ2v) is 4.69. The van der Waals surface area contributed by atoms with Crippen LogP contribution in [0.25, 0.3) is 11.4 Å². The van der Waals surface area contributed by atoms with Gasteiger partial charge in [-0.1, -0.05) is 23.8 Å². The van der Waals surface area contributed by atoms with Crippen molar-refractivity contribution >= 4 is 0 Å². The molecule has 1 aliphatic rings. The Morgan fingerprint density at radius 3 is 3.12 bits per heavy atom. The predicted molar refractivity (Wildman–Crippen MR) is 66.6 cm³/mol. The molecule has 88 valence electrons. The van der Waals surface area contributed by atoms with Crippen molar-refractivity contribution in [3.05, 3.63) is 41.7 Å². The maximum Gasteiger partial charge on any atom is 0.140 e. The zero-order valence-electron chi connectivity index (χ0n) is 9.93. The van der Waals surface area contributed by atoms with Gasteiger partial charge >= 0.3 is 0 Å². The molecule has 1 aromatic heterocycles. The van der Waals surface area contributed by atoms with Crippen LogP contribution < -0.4 is 0 Å². The van der Waals surface area contributed by atoms with Gasteiger partial charge in [0.25, 0.3) is 0 Å². The van der Waals surface area contributed by atoms with E-state index in [2.05, 4.69) is 34.7 Å². The Morgan fingerprint density at radius 1 is 1.41 bits per heavy atom. The Bertz CT molecular complexity index is 545. The SMILES string of the molecule is Cc1cccc(-c2ncc3n2CCCC3O)c1. The lowest BCUT2D eigenvalue weighted by atomic mass is 10.1. The smallest absolute Gasteiger partial charge is 0.140 e. The molecule has 1 unspecified atom stereocenters. The molecule has 0 bridgehead atoms. The second-order valence-electron chi connectivity index (χ2n) is 4.69. The number of hydrogen-bond donors (Lipinski definition) is 1. The van der Waals surface area contributed by atoms with E-state index in [0.29, 0.717) is 0 Å². The number of rotatable bonds is 1. The third-order valence-electron chi connectivity index (χ3n) is 3.36. The van der Waals surface area contributed by atoms with E-state index in [9.17, 15) is 5.11 Å². The highest BCUT2D eigenvalue weighted by Gasteiger charge is 2.21. The monoisotopic (exact) mass is 228 g/mol. The van der Waals surface area contributed by atoms with E-state index >= 15 is 0 Å². The van der Waals surface area contributed by atoms with Crippen LogP contribution in [0.1, 0.15) is 30.2 Å². The van der Waals surface area contributed by atoms with Crippen LogP contribution in [-0.2, 0) is 6.54 Å². The summed E-state index contributed by atoms with van der Waals surface area (Å²) in [6.07, 6.45) is 3.32. The molecule has 1 N–H and O–H groups in total. The molecule has 0 radical (unpaired) electrons. The first kappa shape index (κ1) is 10.5. The number of aryl methyl sites for hydroxylation is 1. The highest BCUT2D eigenvalue weighted by Crippen LogP contribution is 2.30. The van der Waals surface area contributed by atoms with Gasteiger partial charge in [0.05, 0.1) is 18.0 Å². The highest BCUT2D eigenvalue weighted by atomic mass is 16.3. The molecular weight excluding hydrogens is 212 g/mol. The van der Waals surface area contributed by atoms with Gasteiger partial charge in [-0.15, -0.1) is 0 Å². The highest BCUT2D eigenvalue weighted by molar-refractivity contribution is 5.57. The van der Waals surface area contributed by atoms with Crippen molar-refractivity contribution in [2.24, 2.45) is 0 Å². The van der Waals surface area contributed by atoms with E-state index in [1.807, 2.05) is 12.3 Å². The number of aromatic nitrogens is 2. The minimum atomic E-state index is -0.352. The van der Waals surface area contributed by atoms with Gasteiger partial charge < -0.3 is 9.67 Å². The number of aliphatic hydroxyl groups is 1. The fourth-order valence-electron chi connectivity index (χ4n) is 2.50. The Kier molecular flexibility index (Phi) is 2.48. The Labute approximate surface area is 101 Å². The van der Waals surface area contributed by atoms with Gasteiger partial charge in [-0.05, 0) is 25.8 Å². The van der Waals surface area contributed by atoms with Crippen molar-refractivity contribution in [2.45, 2.75) is 32.4 Å². The summed E-state index contributed by atoms with van der Waals surface area (Å²) in [4.78, 5) is 4.46. The zero-order valence-corrected chi connectivity index (χ0v) is 9.93. The Morgan fingerprint density at radius 2 is 2.29 bits per heavy atom. The van der Waals surface area contributed by atoms with Crippen LogP contribution in [0.15, 0.2) is 30.5 Å². The van der Waals surface area contributed by atoms with Crippen LogP contribution >= 0.6 is 0 Å². The van der Waals surface area contributed by atoms with Crippen LogP contribution in [0.4, 0.5) is 0 Å².